The van der Waals surface area contributed by atoms with Crippen LogP contribution in [0.4, 0.5) is 0 Å². The van der Waals surface area contributed by atoms with Gasteiger partial charge in [-0.2, -0.15) is 0 Å². The molecule has 1 amide bonds. The van der Waals surface area contributed by atoms with Gasteiger partial charge in [-0.1, -0.05) is 17.8 Å². The molecule has 1 saturated carbocycles. The van der Waals surface area contributed by atoms with Gasteiger partial charge in [-0.15, -0.1) is 0 Å². The third-order valence-electron chi connectivity index (χ3n) is 5.10. The molecule has 7 heteroatoms. The SMILES string of the molecule is CSc1nc(C(=O)N2C[C@H](C(=O)O)[C@@H](C3CC3)C2)c2ccccn12. The molecule has 4 rings (SSSR count). The van der Waals surface area contributed by atoms with Crippen LogP contribution < -0.4 is 0 Å². The maximum Gasteiger partial charge on any atom is 0.308 e. The van der Waals surface area contributed by atoms with Crippen LogP contribution in [0.25, 0.3) is 5.52 Å². The minimum absolute atomic E-state index is 0.0837. The number of rotatable bonds is 4. The maximum atomic E-state index is 13.0. The number of aromatic nitrogens is 2. The van der Waals surface area contributed by atoms with Gasteiger partial charge in [0, 0.05) is 19.3 Å². The highest BCUT2D eigenvalue weighted by Crippen LogP contribution is 2.44. The van der Waals surface area contributed by atoms with Crippen molar-refractivity contribution in [1.82, 2.24) is 14.3 Å². The molecule has 0 aromatic carbocycles. The molecule has 0 radical (unpaired) electrons. The van der Waals surface area contributed by atoms with Gasteiger partial charge in [0.1, 0.15) is 0 Å². The molecule has 126 valence electrons. The number of amides is 1. The summed E-state index contributed by atoms with van der Waals surface area (Å²) in [4.78, 5) is 30.7. The van der Waals surface area contributed by atoms with E-state index in [1.165, 1.54) is 11.8 Å². The van der Waals surface area contributed by atoms with E-state index in [-0.39, 0.29) is 18.4 Å². The first-order valence-electron chi connectivity index (χ1n) is 8.13. The Morgan fingerprint density at radius 3 is 2.75 bits per heavy atom. The van der Waals surface area contributed by atoms with E-state index >= 15 is 0 Å². The number of carboxylic acid groups (broad SMARTS) is 1. The summed E-state index contributed by atoms with van der Waals surface area (Å²) in [5, 5.41) is 10.2. The van der Waals surface area contributed by atoms with E-state index < -0.39 is 11.9 Å². The highest BCUT2D eigenvalue weighted by Gasteiger charge is 2.47. The molecule has 1 saturated heterocycles. The summed E-state index contributed by atoms with van der Waals surface area (Å²) in [7, 11) is 0. The van der Waals surface area contributed by atoms with Gasteiger partial charge < -0.3 is 10.0 Å². The molecule has 0 unspecified atom stereocenters. The average Bonchev–Trinajstić information content (AvgIpc) is 3.22. The number of nitrogens with zero attached hydrogens (tertiary/aromatic N) is 3. The highest BCUT2D eigenvalue weighted by atomic mass is 32.2. The maximum absolute atomic E-state index is 13.0. The molecule has 2 aromatic heterocycles. The van der Waals surface area contributed by atoms with Gasteiger partial charge in [0.2, 0.25) is 0 Å². The molecule has 3 heterocycles. The second-order valence-electron chi connectivity index (χ2n) is 6.56. The molecule has 2 aliphatic rings. The van der Waals surface area contributed by atoms with Crippen LogP contribution in [0.2, 0.25) is 0 Å². The summed E-state index contributed by atoms with van der Waals surface area (Å²) in [5.74, 6) is -0.852. The molecule has 1 aliphatic carbocycles. The molecule has 1 N–H and O–H groups in total. The van der Waals surface area contributed by atoms with Gasteiger partial charge in [-0.25, -0.2) is 4.98 Å². The zero-order valence-electron chi connectivity index (χ0n) is 13.4. The van der Waals surface area contributed by atoms with Crippen LogP contribution in [0.3, 0.4) is 0 Å². The summed E-state index contributed by atoms with van der Waals surface area (Å²) < 4.78 is 1.90. The number of thioether (sulfide) groups is 1. The van der Waals surface area contributed by atoms with Crippen LogP contribution in [0, 0.1) is 17.8 Å². The van der Waals surface area contributed by atoms with Gasteiger partial charge in [0.25, 0.3) is 5.91 Å². The fourth-order valence-corrected chi connectivity index (χ4v) is 4.26. The van der Waals surface area contributed by atoms with Crippen LogP contribution in [-0.2, 0) is 4.79 Å². The Morgan fingerprint density at radius 2 is 2.08 bits per heavy atom. The van der Waals surface area contributed by atoms with Gasteiger partial charge in [-0.3, -0.25) is 14.0 Å². The second kappa shape index (κ2) is 5.81. The van der Waals surface area contributed by atoms with Crippen molar-refractivity contribution in [2.45, 2.75) is 18.0 Å². The lowest BCUT2D eigenvalue weighted by atomic mass is 9.92. The van der Waals surface area contributed by atoms with E-state index in [1.807, 2.05) is 35.1 Å². The monoisotopic (exact) mass is 345 g/mol. The van der Waals surface area contributed by atoms with Crippen molar-refractivity contribution in [1.29, 1.82) is 0 Å². The Morgan fingerprint density at radius 1 is 1.29 bits per heavy atom. The summed E-state index contributed by atoms with van der Waals surface area (Å²) >= 11 is 1.49. The van der Waals surface area contributed by atoms with Crippen LogP contribution in [0.1, 0.15) is 23.3 Å². The van der Waals surface area contributed by atoms with E-state index in [2.05, 4.69) is 4.98 Å². The summed E-state index contributed by atoms with van der Waals surface area (Å²) in [6.45, 7) is 0.816. The predicted molar refractivity (Wildman–Crippen MR) is 90.2 cm³/mol. The van der Waals surface area contributed by atoms with E-state index in [4.69, 9.17) is 0 Å². The van der Waals surface area contributed by atoms with Gasteiger partial charge in [0.15, 0.2) is 10.9 Å². The molecule has 2 atom stereocenters. The third-order valence-corrected chi connectivity index (χ3v) is 5.75. The summed E-state index contributed by atoms with van der Waals surface area (Å²) in [5.41, 5.74) is 1.19. The molecular formula is C17H19N3O3S. The first-order chi connectivity index (χ1) is 11.6. The second-order valence-corrected chi connectivity index (χ2v) is 7.33. The topological polar surface area (TPSA) is 74.9 Å². The number of aliphatic carboxylic acids is 1. The number of carboxylic acids is 1. The fraction of sp³-hybridized carbons (Fsp3) is 0.471. The number of pyridine rings is 1. The molecular weight excluding hydrogens is 326 g/mol. The average molecular weight is 345 g/mol. The van der Waals surface area contributed by atoms with E-state index in [0.29, 0.717) is 18.2 Å². The quantitative estimate of drug-likeness (QED) is 0.860. The molecule has 2 fully saturated rings. The van der Waals surface area contributed by atoms with Crippen molar-refractivity contribution in [3.8, 4) is 0 Å². The van der Waals surface area contributed by atoms with Crippen LogP contribution in [0.5, 0.6) is 0 Å². The Bertz CT molecular complexity index is 815. The van der Waals surface area contributed by atoms with Gasteiger partial charge in [0.05, 0.1) is 11.4 Å². The summed E-state index contributed by atoms with van der Waals surface area (Å²) in [6, 6.07) is 5.67. The van der Waals surface area contributed by atoms with Crippen molar-refractivity contribution in [2.75, 3.05) is 19.3 Å². The number of hydrogen-bond donors (Lipinski definition) is 1. The van der Waals surface area contributed by atoms with Crippen molar-refractivity contribution < 1.29 is 14.7 Å². The number of likely N-dealkylation sites (tertiary alicyclic amines) is 1. The lowest BCUT2D eigenvalue weighted by Crippen LogP contribution is -2.30. The van der Waals surface area contributed by atoms with Crippen molar-refractivity contribution in [3.63, 3.8) is 0 Å². The van der Waals surface area contributed by atoms with Crippen LogP contribution in [0.15, 0.2) is 29.6 Å². The Hall–Kier alpha value is -2.02. The molecule has 24 heavy (non-hydrogen) atoms. The summed E-state index contributed by atoms with van der Waals surface area (Å²) in [6.07, 6.45) is 5.98. The first-order valence-corrected chi connectivity index (χ1v) is 9.35. The molecule has 2 aromatic rings. The number of carbonyl (C=O) groups is 2. The number of imidazole rings is 1. The lowest BCUT2D eigenvalue weighted by Gasteiger charge is -2.15. The van der Waals surface area contributed by atoms with Gasteiger partial charge in [-0.05, 0) is 43.1 Å². The number of hydrogen-bond acceptors (Lipinski definition) is 4. The van der Waals surface area contributed by atoms with Crippen molar-refractivity contribution in [2.24, 2.45) is 17.8 Å². The Kier molecular flexibility index (Phi) is 3.75. The highest BCUT2D eigenvalue weighted by molar-refractivity contribution is 7.98. The lowest BCUT2D eigenvalue weighted by molar-refractivity contribution is -0.142. The first kappa shape index (κ1) is 15.5. The molecule has 1 aliphatic heterocycles. The van der Waals surface area contributed by atoms with E-state index in [1.54, 1.807) is 4.90 Å². The van der Waals surface area contributed by atoms with Crippen LogP contribution >= 0.6 is 11.8 Å². The Balaban J connectivity index is 1.66. The normalized spacial score (nSPS) is 23.8. The van der Waals surface area contributed by atoms with E-state index in [9.17, 15) is 14.7 Å². The minimum Gasteiger partial charge on any atom is -0.481 e. The standard InChI is InChI=1S/C17H19N3O3S/c1-24-17-18-14(13-4-2-3-7-20(13)17)15(21)19-8-11(10-5-6-10)12(9-19)16(22)23/h2-4,7,10-12H,5-6,8-9H2,1H3,(H,22,23)/t11-,12+/m1/s1. The van der Waals surface area contributed by atoms with E-state index in [0.717, 1.165) is 23.5 Å². The fourth-order valence-electron chi connectivity index (χ4n) is 3.72. The van der Waals surface area contributed by atoms with Crippen LogP contribution in [-0.4, -0.2) is 50.6 Å². The molecule has 0 spiro atoms. The zero-order valence-corrected chi connectivity index (χ0v) is 14.2. The largest absolute Gasteiger partial charge is 0.481 e. The van der Waals surface area contributed by atoms with Crippen molar-refractivity contribution >= 4 is 29.2 Å². The predicted octanol–water partition coefficient (Wildman–Crippen LogP) is 2.24. The number of carbonyl (C=O) groups excluding carboxylic acids is 1. The zero-order chi connectivity index (χ0) is 16.8. The smallest absolute Gasteiger partial charge is 0.308 e. The molecule has 6 nitrogen and oxygen atoms in total. The third kappa shape index (κ3) is 2.47. The number of fused-ring (bicyclic) bond motifs is 1. The Labute approximate surface area is 143 Å². The molecule has 0 bridgehead atoms. The van der Waals surface area contributed by atoms with Crippen molar-refractivity contribution in [3.05, 3.63) is 30.1 Å². The van der Waals surface area contributed by atoms with Gasteiger partial charge >= 0.3 is 5.97 Å². The minimum atomic E-state index is -0.790.